The summed E-state index contributed by atoms with van der Waals surface area (Å²) in [7, 11) is 3.21. The molecule has 129 heavy (non-hydrogen) atoms. The number of rotatable bonds is 14. The van der Waals surface area contributed by atoms with E-state index in [1.807, 2.05) is 68.0 Å². The first-order valence-electron chi connectivity index (χ1n) is 39.8. The molecule has 0 spiro atoms. The quantitative estimate of drug-likeness (QED) is 0.00928. The fraction of sp³-hybridized carbons (Fsp3) is 0.357. The van der Waals surface area contributed by atoms with Crippen molar-refractivity contribution in [2.75, 3.05) is 80.6 Å². The number of halogens is 1. The number of hydrogen-bond acceptors (Lipinski definition) is 30. The number of nitro groups is 4. The number of nitrogen functional groups attached to an aromatic ring is 1. The molecule has 45 heteroatoms. The first kappa shape index (κ1) is 109. The number of aliphatic hydroxyl groups excluding tert-OH is 1. The van der Waals surface area contributed by atoms with Crippen LogP contribution in [0, 0.1) is 57.5 Å². The molecule has 8 heterocycles. The van der Waals surface area contributed by atoms with Gasteiger partial charge in [0, 0.05) is 194 Å². The second-order valence-corrected chi connectivity index (χ2v) is 32.8. The van der Waals surface area contributed by atoms with Gasteiger partial charge >= 0.3 is 66.2 Å². The number of non-ortho nitro benzene ring substituents is 4. The van der Waals surface area contributed by atoms with Gasteiger partial charge in [-0.05, 0) is 148 Å². The van der Waals surface area contributed by atoms with Crippen LogP contribution in [-0.2, 0) is 121 Å². The average Bonchev–Trinajstić information content (AvgIpc) is 1.66. The van der Waals surface area contributed by atoms with E-state index < -0.39 is 61.8 Å². The minimum atomic E-state index is -4.02. The van der Waals surface area contributed by atoms with Gasteiger partial charge in [-0.15, -0.1) is 22.5 Å². The molecule has 9 aromatic rings. The van der Waals surface area contributed by atoms with E-state index in [2.05, 4.69) is 56.7 Å². The molecule has 6 aliphatic heterocycles. The number of aliphatic hydroxyl groups is 1. The predicted molar refractivity (Wildman–Crippen MR) is 479 cm³/mol. The minimum Gasteiger partial charge on any atom is -0.400 e. The van der Waals surface area contributed by atoms with Crippen molar-refractivity contribution < 1.29 is 117 Å². The number of methoxy groups -OCH3 is 4. The topological polar surface area (TPSA) is 582 Å². The first-order valence-corrected chi connectivity index (χ1v) is 46.2. The van der Waals surface area contributed by atoms with Crippen LogP contribution in [-0.4, -0.2) is 189 Å². The molecule has 0 fully saturated rings. The smallest absolute Gasteiger partial charge is 0.294 e. The molecule has 0 atom stereocenters. The molecule has 0 saturated heterocycles. The Morgan fingerprint density at radius 1 is 0.543 bits per heavy atom. The largest absolute Gasteiger partial charge is 0.400 e. The van der Waals surface area contributed by atoms with Gasteiger partial charge in [-0.1, -0.05) is 78.4 Å². The van der Waals surface area contributed by atoms with Crippen molar-refractivity contribution >= 4 is 97.8 Å². The Labute approximate surface area is 768 Å². The molecule has 6 aliphatic rings. The Morgan fingerprint density at radius 2 is 0.922 bits per heavy atom. The van der Waals surface area contributed by atoms with Crippen LogP contribution in [0.25, 0.3) is 22.8 Å². The fourth-order valence-corrected chi connectivity index (χ4v) is 15.1. The maximum atomic E-state index is 11.5. The van der Waals surface area contributed by atoms with Crippen LogP contribution in [0.2, 0.25) is 0 Å². The van der Waals surface area contributed by atoms with Gasteiger partial charge in [-0.25, -0.2) is 9.97 Å². The van der Waals surface area contributed by atoms with Crippen molar-refractivity contribution in [1.29, 1.82) is 0 Å². The zero-order chi connectivity index (χ0) is 94.4. The standard InChI is InChI=1S/C14H19N3O4.C12H11N3O2.C12H13N3.C10H10N2O3.C10H10N2O2S.C10H11NO.C7H8O3S.C4H11NO2.2C2H4O2.CH4O.ClH.Hg.HNO3/c1-20-13(21-2)9-16-14-12-8-11(17(18)19)6-5-10(12)4-3-7-15-14;16-15(17)10-4-3-9-2-1-6-14-7-5-13-12(14)11(9)8-10;13-10-4-3-9-2-1-6-15-7-5-14-12(15)11(9)8-10;13-10-9-6-8(12(14)15)4-3-7(9)2-1-5-11-10;13-12(14)8-4-3-7-2-1-5-11-10(15)9(7)6-8;12-10-9-6-2-1-4-8(9)5-3-7-11-10;1-6-2-4-7(5-3-6)11(8,9)10;1-6-4(3-5)7-2;2*1-2(3)4;1-2;;;2-1(3)4/h5-6,8,13H,3-4,7,9H2,1-2H3,(H,15,16);3-5,7-8H,1-2,6H2;3-5,7-8H,1-2,6,13H2;3-4,6H,1-2,5H2,(H,11,13);3-4,6H,1-2,5H2,(H,11,15);1-2,4,6H,3,5,7H2,(H,11,12);2-5H,1H3,(H,8,9,10);4H,3,5H2,1-2H3;2*1H3,(H,3,4);2H,1H3;1H;;(H,2,3,4)/q;;;;;;;;;;;;+2;/p-2. The van der Waals surface area contributed by atoms with E-state index in [4.69, 9.17) is 67.6 Å². The number of aliphatic imine (C=N–C) groups is 1. The van der Waals surface area contributed by atoms with Crippen LogP contribution in [0.15, 0.2) is 174 Å². The zero-order valence-corrected chi connectivity index (χ0v) is 80.2. The van der Waals surface area contributed by atoms with Crippen LogP contribution in [0.3, 0.4) is 0 Å². The first-order chi connectivity index (χ1) is 61.2. The van der Waals surface area contributed by atoms with Crippen LogP contribution >= 0.6 is 24.6 Å². The Kier molecular flexibility index (Phi) is 48.6. The van der Waals surface area contributed by atoms with Gasteiger partial charge in [0.25, 0.3) is 49.8 Å². The summed E-state index contributed by atoms with van der Waals surface area (Å²) in [5.74, 6) is 1.67. The second-order valence-electron chi connectivity index (χ2n) is 27.8. The Morgan fingerprint density at radius 3 is 1.36 bits per heavy atom. The number of aryl methyl sites for hydroxylation is 9. The third kappa shape index (κ3) is 37.1. The molecule has 0 bridgehead atoms. The monoisotopic (exact) mass is 2040 g/mol. The number of amidine groups is 1. The van der Waals surface area contributed by atoms with Crippen molar-refractivity contribution in [1.82, 2.24) is 40.4 Å². The van der Waals surface area contributed by atoms with Gasteiger partial charge < -0.3 is 71.1 Å². The molecule has 0 saturated carbocycles. The molecule has 11 N–H and O–H groups in total. The number of nitrogens with one attached hydrogen (secondary N) is 4. The van der Waals surface area contributed by atoms with Crippen LogP contribution < -0.4 is 32.7 Å². The van der Waals surface area contributed by atoms with Gasteiger partial charge in [-0.3, -0.25) is 59.6 Å². The van der Waals surface area contributed by atoms with E-state index in [0.717, 1.165) is 171 Å². The molecular formula is C84H105ClHgN16O25S2. The Balaban J connectivity index is 0.000000305. The number of fused-ring (bicyclic) bond motifs is 10. The zero-order valence-electron chi connectivity index (χ0n) is 72.3. The fourth-order valence-electron chi connectivity index (χ4n) is 12.8. The molecule has 692 valence electrons. The summed E-state index contributed by atoms with van der Waals surface area (Å²) >= 11 is 3.12. The third-order valence-corrected chi connectivity index (χ3v) is 24.4. The van der Waals surface area contributed by atoms with E-state index >= 15 is 0 Å². The molecule has 0 aliphatic carbocycles. The van der Waals surface area contributed by atoms with Gasteiger partial charge in [-0.2, -0.15) is 8.42 Å². The number of carbonyl (C=O) groups is 4. The number of imidazole rings is 2. The molecule has 0 radical (unpaired) electrons. The Hall–Kier alpha value is -12.3. The van der Waals surface area contributed by atoms with Gasteiger partial charge in [0.05, 0.1) is 31.1 Å². The van der Waals surface area contributed by atoms with Gasteiger partial charge in [0.1, 0.15) is 22.5 Å². The maximum absolute atomic E-state index is 11.5. The number of hydrogen-bond donors (Lipinski definition) is 9. The number of thiocarbonyl (C=S) groups is 1. The molecular weight excluding hydrogens is 1930 g/mol. The number of anilines is 1. The summed E-state index contributed by atoms with van der Waals surface area (Å²) in [4.78, 5) is 106. The number of aromatic nitrogens is 4. The predicted octanol–water partition coefficient (Wildman–Crippen LogP) is 10.9. The number of nitrogens with zero attached hydrogens (tertiary/aromatic N) is 10. The Bertz CT molecular complexity index is 5270. The van der Waals surface area contributed by atoms with Crippen LogP contribution in [0.4, 0.5) is 28.4 Å². The van der Waals surface area contributed by atoms with Crippen molar-refractivity contribution in [3.8, 4) is 22.8 Å². The molecule has 41 nitrogen and oxygen atoms in total. The number of carbonyl (C=O) groups excluding carboxylic acids is 4. The van der Waals surface area contributed by atoms with E-state index in [1.165, 1.54) is 73.4 Å². The van der Waals surface area contributed by atoms with E-state index in [9.17, 15) is 68.1 Å². The number of nitro benzene ring substituents is 4. The van der Waals surface area contributed by atoms with Crippen molar-refractivity contribution in [3.63, 3.8) is 0 Å². The summed E-state index contributed by atoms with van der Waals surface area (Å²) in [6, 6.07) is 39.2. The van der Waals surface area contributed by atoms with Crippen molar-refractivity contribution in [2.24, 2.45) is 10.7 Å². The summed E-state index contributed by atoms with van der Waals surface area (Å²) in [6.45, 7) is 10.2. The van der Waals surface area contributed by atoms with Crippen molar-refractivity contribution in [3.05, 3.63) is 276 Å². The summed E-state index contributed by atoms with van der Waals surface area (Å²) in [5.41, 5.74) is 24.6. The molecule has 7 aromatic carbocycles. The van der Waals surface area contributed by atoms with Crippen molar-refractivity contribution in [2.45, 2.75) is 128 Å². The number of nitrogens with two attached hydrogens (primary N) is 2. The molecule has 2 aromatic heterocycles. The van der Waals surface area contributed by atoms with Gasteiger partial charge in [0.2, 0.25) is 0 Å². The van der Waals surface area contributed by atoms with Crippen LogP contribution in [0.1, 0.15) is 123 Å². The molecule has 15 rings (SSSR count). The minimum absolute atomic E-state index is 0. The summed E-state index contributed by atoms with van der Waals surface area (Å²) in [5, 5.41) is 75.4. The average molecular weight is 2040 g/mol. The van der Waals surface area contributed by atoms with E-state index in [0.29, 0.717) is 42.6 Å². The summed E-state index contributed by atoms with van der Waals surface area (Å²) < 4.78 is 62.4. The van der Waals surface area contributed by atoms with E-state index in [1.54, 1.807) is 89.2 Å². The van der Waals surface area contributed by atoms with E-state index in [-0.39, 0.29) is 75.0 Å². The van der Waals surface area contributed by atoms with Crippen LogP contribution in [0.5, 0.6) is 0 Å². The number of ether oxygens (including phenoxy) is 4. The number of benzene rings is 7. The third-order valence-electron chi connectivity index (χ3n) is 19.1. The number of amides is 2. The normalized spacial score (nSPS) is 13.1. The molecule has 2 amide bonds. The summed E-state index contributed by atoms with van der Waals surface area (Å²) in [6.07, 6.45) is 18.6. The maximum Gasteiger partial charge on any atom is 0.294 e. The second kappa shape index (κ2) is 57.5. The molecule has 0 unspecified atom stereocenters. The SMILES string of the molecule is CC(=O)[O][Hg][O]C(C)=O.CO.COC(CN)OC.COC(CNC1=NCCCc2ccc([N+](=O)[O-])cc21)OC.Cc1ccc(S(=O)(=O)O)cc1.Cl.Nc1ccc2c(c1)-c1nccn1CCC2.O=C1NCCCc2ccc([N+](=O)[O-])cc21.O=C1NCCCc2ccccc21.O=[N+]([O-])O.O=[N+]([O-])c1ccc2c(c1)-c1nccn1CCC2.O=[N+]([O-])c1ccc2c(c1)C(=S)NCCC2. The van der Waals surface area contributed by atoms with Gasteiger partial charge in [0.15, 0.2) is 12.6 Å².